The van der Waals surface area contributed by atoms with Crippen LogP contribution in [0.3, 0.4) is 0 Å². The van der Waals surface area contributed by atoms with Gasteiger partial charge in [0.1, 0.15) is 11.7 Å². The largest absolute Gasteiger partial charge is 0.469 e. The highest BCUT2D eigenvalue weighted by molar-refractivity contribution is 7.80. The molecule has 2 aliphatic rings. The summed E-state index contributed by atoms with van der Waals surface area (Å²) in [6, 6.07) is 7.49. The van der Waals surface area contributed by atoms with Gasteiger partial charge in [-0.2, -0.15) is 0 Å². The van der Waals surface area contributed by atoms with Gasteiger partial charge in [-0.25, -0.2) is 0 Å². The van der Waals surface area contributed by atoms with Crippen molar-refractivity contribution in [3.63, 3.8) is 0 Å². The van der Waals surface area contributed by atoms with Gasteiger partial charge < -0.3 is 19.7 Å². The van der Waals surface area contributed by atoms with Crippen LogP contribution in [0.5, 0.6) is 5.75 Å². The van der Waals surface area contributed by atoms with Crippen molar-refractivity contribution in [1.29, 1.82) is 0 Å². The molecule has 20 heavy (non-hydrogen) atoms. The highest BCUT2D eigenvalue weighted by atomic mass is 32.1. The molecule has 0 aliphatic carbocycles. The number of esters is 1. The van der Waals surface area contributed by atoms with Crippen LogP contribution in [-0.2, 0) is 9.53 Å². The number of ether oxygens (including phenoxy) is 2. The molecule has 6 heteroatoms. The second-order valence-electron chi connectivity index (χ2n) is 4.86. The Morgan fingerprint density at radius 3 is 3.00 bits per heavy atom. The highest BCUT2D eigenvalue weighted by Crippen LogP contribution is 2.42. The van der Waals surface area contributed by atoms with Crippen molar-refractivity contribution in [1.82, 2.24) is 10.2 Å². The lowest BCUT2D eigenvalue weighted by atomic mass is 9.86. The van der Waals surface area contributed by atoms with E-state index in [0.29, 0.717) is 11.7 Å². The molecule has 1 N–H and O–H groups in total. The zero-order valence-electron chi connectivity index (χ0n) is 11.3. The average molecular weight is 292 g/mol. The van der Waals surface area contributed by atoms with Gasteiger partial charge in [-0.1, -0.05) is 18.2 Å². The number of thiocarbonyl (C=S) groups is 1. The molecule has 0 aromatic heterocycles. The molecule has 3 rings (SSSR count). The lowest BCUT2D eigenvalue weighted by molar-refractivity contribution is -0.158. The third-order valence-electron chi connectivity index (χ3n) is 3.71. The minimum Gasteiger partial charge on any atom is -0.469 e. The van der Waals surface area contributed by atoms with E-state index in [9.17, 15) is 4.79 Å². The number of nitrogens with one attached hydrogen (secondary N) is 1. The molecule has 1 fully saturated rings. The van der Waals surface area contributed by atoms with E-state index in [1.807, 2.05) is 31.3 Å². The second-order valence-corrected chi connectivity index (χ2v) is 5.25. The monoisotopic (exact) mass is 292 g/mol. The summed E-state index contributed by atoms with van der Waals surface area (Å²) >= 11 is 5.30. The Bertz CT molecular complexity index is 563. The zero-order valence-corrected chi connectivity index (χ0v) is 12.1. The lowest BCUT2D eigenvalue weighted by Gasteiger charge is -2.47. The number of nitrogens with zero attached hydrogens (tertiary/aromatic N) is 1. The number of hydrogen-bond donors (Lipinski definition) is 1. The third-order valence-corrected chi connectivity index (χ3v) is 4.11. The molecule has 106 valence electrons. The molecule has 2 bridgehead atoms. The summed E-state index contributed by atoms with van der Waals surface area (Å²) in [5.41, 5.74) is 0.942. The van der Waals surface area contributed by atoms with E-state index >= 15 is 0 Å². The molecule has 1 saturated heterocycles. The summed E-state index contributed by atoms with van der Waals surface area (Å²) in [6.07, 6.45) is -0.428. The number of para-hydroxylation sites is 1. The molecule has 0 unspecified atom stereocenters. The van der Waals surface area contributed by atoms with Crippen molar-refractivity contribution in [2.45, 2.75) is 19.2 Å². The predicted molar refractivity (Wildman–Crippen MR) is 77.2 cm³/mol. The Hall–Kier alpha value is -1.82. The SMILES string of the molecule is CCOC(=O)[C@H]1[C@H]2NC(=S)N(C)[C@H]1Oc1ccccc12. The maximum atomic E-state index is 12.3. The van der Waals surface area contributed by atoms with Crippen molar-refractivity contribution in [3.8, 4) is 5.75 Å². The minimum atomic E-state index is -0.429. The van der Waals surface area contributed by atoms with Crippen LogP contribution in [0.1, 0.15) is 18.5 Å². The Morgan fingerprint density at radius 2 is 2.25 bits per heavy atom. The first-order chi connectivity index (χ1) is 9.63. The number of benzene rings is 1. The van der Waals surface area contributed by atoms with Gasteiger partial charge in [-0.3, -0.25) is 4.79 Å². The minimum absolute atomic E-state index is 0.201. The zero-order chi connectivity index (χ0) is 14.3. The fourth-order valence-electron chi connectivity index (χ4n) is 2.74. The highest BCUT2D eigenvalue weighted by Gasteiger charge is 2.50. The predicted octanol–water partition coefficient (Wildman–Crippen LogP) is 1.45. The van der Waals surface area contributed by atoms with Crippen LogP contribution in [0, 0.1) is 5.92 Å². The summed E-state index contributed by atoms with van der Waals surface area (Å²) in [6.45, 7) is 2.15. The van der Waals surface area contributed by atoms with Crippen LogP contribution in [0.2, 0.25) is 0 Å². The van der Waals surface area contributed by atoms with Crippen molar-refractivity contribution in [2.24, 2.45) is 5.92 Å². The fraction of sp³-hybridized carbons (Fsp3) is 0.429. The maximum absolute atomic E-state index is 12.3. The van der Waals surface area contributed by atoms with E-state index < -0.39 is 12.1 Å². The number of carbonyl (C=O) groups is 1. The molecule has 0 spiro atoms. The molecule has 2 heterocycles. The van der Waals surface area contributed by atoms with E-state index in [1.165, 1.54) is 0 Å². The maximum Gasteiger partial charge on any atom is 0.317 e. The van der Waals surface area contributed by atoms with E-state index in [-0.39, 0.29) is 12.0 Å². The molecular weight excluding hydrogens is 276 g/mol. The summed E-state index contributed by atoms with van der Waals surface area (Å²) < 4.78 is 11.2. The smallest absolute Gasteiger partial charge is 0.317 e. The molecule has 1 aromatic rings. The van der Waals surface area contributed by atoms with Gasteiger partial charge >= 0.3 is 5.97 Å². The van der Waals surface area contributed by atoms with Crippen LogP contribution in [0.4, 0.5) is 0 Å². The van der Waals surface area contributed by atoms with Gasteiger partial charge in [-0.15, -0.1) is 0 Å². The fourth-order valence-corrected chi connectivity index (χ4v) is 2.97. The molecule has 2 aliphatic heterocycles. The molecule has 5 nitrogen and oxygen atoms in total. The Balaban J connectivity index is 2.04. The van der Waals surface area contributed by atoms with Crippen LogP contribution >= 0.6 is 12.2 Å². The summed E-state index contributed by atoms with van der Waals surface area (Å²) in [7, 11) is 1.82. The van der Waals surface area contributed by atoms with E-state index in [1.54, 1.807) is 11.8 Å². The topological polar surface area (TPSA) is 50.8 Å². The van der Waals surface area contributed by atoms with E-state index in [0.717, 1.165) is 11.3 Å². The Kier molecular flexibility index (Phi) is 3.25. The summed E-state index contributed by atoms with van der Waals surface area (Å²) in [5, 5.41) is 3.80. The van der Waals surface area contributed by atoms with Gasteiger partial charge in [0.2, 0.25) is 0 Å². The standard InChI is InChI=1S/C14H16N2O3S/c1-3-18-13(17)10-11-8-6-4-5-7-9(8)19-12(10)16(2)14(20)15-11/h4-7,10-12H,3H2,1-2H3,(H,15,20)/t10-,11-,12-/m0/s1. The number of rotatable bonds is 2. The van der Waals surface area contributed by atoms with Crippen LogP contribution in [0.15, 0.2) is 24.3 Å². The van der Waals surface area contributed by atoms with Crippen molar-refractivity contribution in [2.75, 3.05) is 13.7 Å². The first-order valence-electron chi connectivity index (χ1n) is 6.59. The summed E-state index contributed by atoms with van der Waals surface area (Å²) in [5.74, 6) is 0.0882. The van der Waals surface area contributed by atoms with Crippen LogP contribution < -0.4 is 10.1 Å². The van der Waals surface area contributed by atoms with Crippen LogP contribution in [0.25, 0.3) is 0 Å². The first-order valence-corrected chi connectivity index (χ1v) is 7.00. The summed E-state index contributed by atoms with van der Waals surface area (Å²) in [4.78, 5) is 14.0. The van der Waals surface area contributed by atoms with E-state index in [4.69, 9.17) is 21.7 Å². The molecule has 0 amide bonds. The molecule has 0 radical (unpaired) electrons. The third kappa shape index (κ3) is 1.91. The molecule has 3 atom stereocenters. The molecule has 0 saturated carbocycles. The average Bonchev–Trinajstić information content (AvgIpc) is 2.45. The van der Waals surface area contributed by atoms with Crippen molar-refractivity contribution < 1.29 is 14.3 Å². The van der Waals surface area contributed by atoms with Gasteiger partial charge in [-0.05, 0) is 25.2 Å². The van der Waals surface area contributed by atoms with Gasteiger partial charge in [0.05, 0.1) is 12.6 Å². The molecular formula is C14H16N2O3S. The number of fused-ring (bicyclic) bond motifs is 4. The van der Waals surface area contributed by atoms with E-state index in [2.05, 4.69) is 5.32 Å². The van der Waals surface area contributed by atoms with Crippen molar-refractivity contribution >= 4 is 23.3 Å². The normalized spacial score (nSPS) is 27.2. The second kappa shape index (κ2) is 4.94. The van der Waals surface area contributed by atoms with Gasteiger partial charge in [0.25, 0.3) is 0 Å². The quantitative estimate of drug-likeness (QED) is 0.657. The Labute approximate surface area is 122 Å². The lowest BCUT2D eigenvalue weighted by Crippen LogP contribution is -2.63. The van der Waals surface area contributed by atoms with Crippen molar-refractivity contribution in [3.05, 3.63) is 29.8 Å². The van der Waals surface area contributed by atoms with Crippen LogP contribution in [-0.4, -0.2) is 35.9 Å². The Morgan fingerprint density at radius 1 is 1.50 bits per heavy atom. The van der Waals surface area contributed by atoms with Gasteiger partial charge in [0.15, 0.2) is 11.3 Å². The number of carbonyl (C=O) groups excluding carboxylic acids is 1. The van der Waals surface area contributed by atoms with Gasteiger partial charge in [0, 0.05) is 12.6 Å². The molecule has 1 aromatic carbocycles. The number of hydrogen-bond acceptors (Lipinski definition) is 4. The first kappa shape index (κ1) is 13.2.